The Morgan fingerprint density at radius 2 is 1.97 bits per heavy atom. The number of aryl methyl sites for hydroxylation is 1. The van der Waals surface area contributed by atoms with E-state index in [4.69, 9.17) is 5.73 Å². The monoisotopic (exact) mass is 464 g/mol. The molecule has 1 fully saturated rings. The third-order valence-electron chi connectivity index (χ3n) is 6.97. The van der Waals surface area contributed by atoms with Crippen molar-refractivity contribution in [2.45, 2.75) is 57.7 Å². The molecule has 3 aromatic heterocycles. The highest BCUT2D eigenvalue weighted by Gasteiger charge is 2.43. The van der Waals surface area contributed by atoms with Crippen LogP contribution < -0.4 is 5.73 Å². The molecular formula is C26H29FN4O3. The average Bonchev–Trinajstić information content (AvgIpc) is 2.80. The highest BCUT2D eigenvalue weighted by Crippen LogP contribution is 2.42. The smallest absolute Gasteiger partial charge is 0.187 e. The maximum atomic E-state index is 14.3. The molecule has 4 atom stereocenters. The fourth-order valence-corrected chi connectivity index (χ4v) is 4.64. The molecule has 178 valence electrons. The van der Waals surface area contributed by atoms with Gasteiger partial charge < -0.3 is 15.9 Å². The first kappa shape index (κ1) is 23.9. The number of hydrogen-bond acceptors (Lipinski definition) is 7. The maximum absolute atomic E-state index is 14.3. The fraction of sp³-hybridized carbons (Fsp3) is 0.385. The Bertz CT molecular complexity index is 1220. The van der Waals surface area contributed by atoms with Crippen LogP contribution in [-0.4, -0.2) is 42.7 Å². The molecule has 0 bridgehead atoms. The number of aliphatic hydroxyl groups excluding tert-OH is 1. The quantitative estimate of drug-likeness (QED) is 0.493. The van der Waals surface area contributed by atoms with Crippen molar-refractivity contribution in [3.63, 3.8) is 0 Å². The molecule has 0 aromatic carbocycles. The predicted molar refractivity (Wildman–Crippen MR) is 127 cm³/mol. The standard InChI is InChI=1S/C26H29FN4O3/c1-14-10-16(12-23(33)26(14,3)34)18-8-9-29-13-17(18)11-22(32)25-20(28)6-7-21(31-25)24-19(27)5-4-15(2)30-24/h4-9,13-14,16,23,33-34H,10-12,28H2,1-3H3/t14-,16+,23+,26+/m0/s1. The van der Waals surface area contributed by atoms with Gasteiger partial charge in [-0.05, 0) is 80.0 Å². The zero-order valence-corrected chi connectivity index (χ0v) is 19.5. The molecule has 1 aliphatic rings. The number of nitrogen functional groups attached to an aromatic ring is 1. The van der Waals surface area contributed by atoms with Gasteiger partial charge in [-0.3, -0.25) is 9.78 Å². The zero-order valence-electron chi connectivity index (χ0n) is 19.5. The van der Waals surface area contributed by atoms with Gasteiger partial charge in [0.2, 0.25) is 0 Å². The van der Waals surface area contributed by atoms with Crippen molar-refractivity contribution in [2.24, 2.45) is 5.92 Å². The molecule has 34 heavy (non-hydrogen) atoms. The Labute approximate surface area is 197 Å². The third kappa shape index (κ3) is 4.56. The van der Waals surface area contributed by atoms with E-state index in [-0.39, 0.29) is 46.8 Å². The summed E-state index contributed by atoms with van der Waals surface area (Å²) in [6, 6.07) is 7.81. The topological polar surface area (TPSA) is 122 Å². The molecule has 3 aromatic rings. The summed E-state index contributed by atoms with van der Waals surface area (Å²) < 4.78 is 14.3. The van der Waals surface area contributed by atoms with E-state index in [1.165, 1.54) is 12.1 Å². The van der Waals surface area contributed by atoms with E-state index >= 15 is 0 Å². The molecular weight excluding hydrogens is 435 g/mol. The van der Waals surface area contributed by atoms with Gasteiger partial charge in [-0.15, -0.1) is 0 Å². The van der Waals surface area contributed by atoms with Crippen LogP contribution in [0.1, 0.15) is 59.9 Å². The third-order valence-corrected chi connectivity index (χ3v) is 6.97. The first-order valence-electron chi connectivity index (χ1n) is 11.3. The van der Waals surface area contributed by atoms with Gasteiger partial charge in [0, 0.05) is 24.5 Å². The van der Waals surface area contributed by atoms with Crippen LogP contribution in [0, 0.1) is 18.7 Å². The molecule has 1 saturated carbocycles. The van der Waals surface area contributed by atoms with Gasteiger partial charge in [0.15, 0.2) is 11.6 Å². The van der Waals surface area contributed by atoms with E-state index in [2.05, 4.69) is 15.0 Å². The second-order valence-electron chi connectivity index (χ2n) is 9.40. The van der Waals surface area contributed by atoms with Crippen LogP contribution in [0.5, 0.6) is 0 Å². The number of Topliss-reactive ketones (excluding diaryl/α,β-unsaturated/α-hetero) is 1. The van der Waals surface area contributed by atoms with Gasteiger partial charge in [-0.25, -0.2) is 14.4 Å². The van der Waals surface area contributed by atoms with Gasteiger partial charge in [-0.1, -0.05) is 6.92 Å². The molecule has 0 unspecified atom stereocenters. The predicted octanol–water partition coefficient (Wildman–Crippen LogP) is 3.62. The number of pyridine rings is 3. The summed E-state index contributed by atoms with van der Waals surface area (Å²) in [5, 5.41) is 21.1. The van der Waals surface area contributed by atoms with Crippen LogP contribution in [0.4, 0.5) is 10.1 Å². The normalized spacial score (nSPS) is 24.7. The van der Waals surface area contributed by atoms with Crippen LogP contribution in [0.15, 0.2) is 42.7 Å². The fourth-order valence-electron chi connectivity index (χ4n) is 4.64. The van der Waals surface area contributed by atoms with Crippen LogP contribution >= 0.6 is 0 Å². The summed E-state index contributed by atoms with van der Waals surface area (Å²) in [6.07, 6.45) is 3.49. The van der Waals surface area contributed by atoms with E-state index in [1.807, 2.05) is 13.0 Å². The Morgan fingerprint density at radius 3 is 2.71 bits per heavy atom. The summed E-state index contributed by atoms with van der Waals surface area (Å²) >= 11 is 0. The number of nitrogens with zero attached hydrogens (tertiary/aromatic N) is 3. The van der Waals surface area contributed by atoms with Crippen LogP contribution in [0.25, 0.3) is 11.4 Å². The lowest BCUT2D eigenvalue weighted by Crippen LogP contribution is -2.49. The van der Waals surface area contributed by atoms with Crippen LogP contribution in [-0.2, 0) is 6.42 Å². The summed E-state index contributed by atoms with van der Waals surface area (Å²) in [5.74, 6) is -1.00. The second-order valence-corrected chi connectivity index (χ2v) is 9.40. The molecule has 4 N–H and O–H groups in total. The second kappa shape index (κ2) is 9.19. The molecule has 7 nitrogen and oxygen atoms in total. The number of ketones is 1. The van der Waals surface area contributed by atoms with E-state index in [0.29, 0.717) is 24.1 Å². The minimum atomic E-state index is -1.16. The number of carbonyl (C=O) groups excluding carboxylic acids is 1. The van der Waals surface area contributed by atoms with Crippen molar-refractivity contribution < 1.29 is 19.4 Å². The van der Waals surface area contributed by atoms with Gasteiger partial charge >= 0.3 is 0 Å². The summed E-state index contributed by atoms with van der Waals surface area (Å²) in [4.78, 5) is 26.0. The molecule has 8 heteroatoms. The number of aromatic nitrogens is 3. The van der Waals surface area contributed by atoms with Gasteiger partial charge in [0.05, 0.1) is 23.1 Å². The van der Waals surface area contributed by atoms with Gasteiger partial charge in [0.25, 0.3) is 0 Å². The van der Waals surface area contributed by atoms with E-state index in [1.54, 1.807) is 38.4 Å². The minimum Gasteiger partial charge on any atom is -0.397 e. The maximum Gasteiger partial charge on any atom is 0.187 e. The molecule has 0 amide bonds. The van der Waals surface area contributed by atoms with Crippen molar-refractivity contribution >= 4 is 11.5 Å². The number of rotatable bonds is 5. The molecule has 3 heterocycles. The van der Waals surface area contributed by atoms with Crippen molar-refractivity contribution in [1.82, 2.24) is 15.0 Å². The number of halogens is 1. The molecule has 0 radical (unpaired) electrons. The lowest BCUT2D eigenvalue weighted by atomic mass is 9.68. The molecule has 0 aliphatic heterocycles. The Hall–Kier alpha value is -3.23. The van der Waals surface area contributed by atoms with Crippen molar-refractivity contribution in [2.75, 3.05) is 5.73 Å². The van der Waals surface area contributed by atoms with Crippen molar-refractivity contribution in [3.8, 4) is 11.4 Å². The van der Waals surface area contributed by atoms with E-state index in [0.717, 1.165) is 5.56 Å². The number of anilines is 1. The zero-order chi connectivity index (χ0) is 24.6. The molecule has 0 saturated heterocycles. The number of aliphatic hydroxyl groups is 2. The minimum absolute atomic E-state index is 0.00488. The van der Waals surface area contributed by atoms with Crippen molar-refractivity contribution in [1.29, 1.82) is 0 Å². The van der Waals surface area contributed by atoms with Gasteiger partial charge in [-0.2, -0.15) is 0 Å². The summed E-state index contributed by atoms with van der Waals surface area (Å²) in [5.41, 5.74) is 7.71. The largest absolute Gasteiger partial charge is 0.397 e. The highest BCUT2D eigenvalue weighted by molar-refractivity contribution is 6.00. The van der Waals surface area contributed by atoms with Crippen molar-refractivity contribution in [3.05, 3.63) is 71.1 Å². The summed E-state index contributed by atoms with van der Waals surface area (Å²) in [7, 11) is 0. The van der Waals surface area contributed by atoms with E-state index < -0.39 is 17.5 Å². The Kier molecular flexibility index (Phi) is 6.47. The lowest BCUT2D eigenvalue weighted by molar-refractivity contribution is -0.123. The number of hydrogen-bond donors (Lipinski definition) is 3. The highest BCUT2D eigenvalue weighted by atomic mass is 19.1. The molecule has 0 spiro atoms. The first-order chi connectivity index (χ1) is 16.1. The number of carbonyl (C=O) groups is 1. The SMILES string of the molecule is Cc1ccc(F)c(-c2ccc(N)c(C(=O)Cc3cnccc3[C@H]3C[C@@H](O)[C@](C)(O)[C@@H](C)C3)n2)n1. The lowest BCUT2D eigenvalue weighted by Gasteiger charge is -2.43. The van der Waals surface area contributed by atoms with Crippen LogP contribution in [0.2, 0.25) is 0 Å². The average molecular weight is 465 g/mol. The molecule has 1 aliphatic carbocycles. The van der Waals surface area contributed by atoms with Crippen LogP contribution in [0.3, 0.4) is 0 Å². The first-order valence-corrected chi connectivity index (χ1v) is 11.3. The summed E-state index contributed by atoms with van der Waals surface area (Å²) in [6.45, 7) is 5.32. The molecule has 4 rings (SSSR count). The Balaban J connectivity index is 1.63. The number of nitrogens with two attached hydrogens (primary N) is 1. The van der Waals surface area contributed by atoms with Gasteiger partial charge in [0.1, 0.15) is 11.4 Å². The van der Waals surface area contributed by atoms with E-state index in [9.17, 15) is 19.4 Å². The Morgan fingerprint density at radius 1 is 1.21 bits per heavy atom.